The molecule has 1 N–H and O–H groups in total. The number of nitrogens with zero attached hydrogens (tertiary/aromatic N) is 6. The van der Waals surface area contributed by atoms with Gasteiger partial charge in [-0.05, 0) is 61.9 Å². The Bertz CT molecular complexity index is 1820. The third kappa shape index (κ3) is 5.44. The maximum atomic E-state index is 13.8. The van der Waals surface area contributed by atoms with Gasteiger partial charge >= 0.3 is 5.69 Å². The number of hydrogen-bond acceptors (Lipinski definition) is 5. The highest BCUT2D eigenvalue weighted by molar-refractivity contribution is 6.30. The van der Waals surface area contributed by atoms with Crippen LogP contribution in [0.1, 0.15) is 48.2 Å². The first-order chi connectivity index (χ1) is 20.3. The van der Waals surface area contributed by atoms with Crippen LogP contribution in [0, 0.1) is 5.92 Å². The molecule has 0 saturated heterocycles. The number of rotatable bonds is 7. The molecule has 216 valence electrons. The molecule has 4 heterocycles. The highest BCUT2D eigenvalue weighted by Gasteiger charge is 2.27. The van der Waals surface area contributed by atoms with Crippen LogP contribution in [0.2, 0.25) is 5.02 Å². The molecule has 4 aromatic heterocycles. The largest absolute Gasteiger partial charge is 0.349 e. The third-order valence-corrected chi connectivity index (χ3v) is 7.97. The molecule has 1 saturated carbocycles. The minimum atomic E-state index is -2.88. The van der Waals surface area contributed by atoms with Crippen molar-refractivity contribution in [3.05, 3.63) is 93.9 Å². The first-order valence-electron chi connectivity index (χ1n) is 13.7. The summed E-state index contributed by atoms with van der Waals surface area (Å²) in [5, 5.41) is 7.22. The van der Waals surface area contributed by atoms with E-state index in [0.29, 0.717) is 25.2 Å². The maximum absolute atomic E-state index is 13.8. The van der Waals surface area contributed by atoms with Crippen LogP contribution in [0.3, 0.4) is 0 Å². The van der Waals surface area contributed by atoms with Crippen LogP contribution in [0.15, 0.2) is 71.9 Å². The summed E-state index contributed by atoms with van der Waals surface area (Å²) in [5.74, 6) is 0.125. The van der Waals surface area contributed by atoms with Crippen LogP contribution in [0.5, 0.6) is 0 Å². The Kier molecular flexibility index (Phi) is 7.59. The molecule has 5 aromatic rings. The molecule has 0 bridgehead atoms. The molecule has 9 nitrogen and oxygen atoms in total. The quantitative estimate of drug-likeness (QED) is 0.267. The van der Waals surface area contributed by atoms with Gasteiger partial charge in [-0.3, -0.25) is 19.0 Å². The molecule has 0 spiro atoms. The molecule has 1 fully saturated rings. The first kappa shape index (κ1) is 27.8. The Morgan fingerprint density at radius 3 is 2.55 bits per heavy atom. The number of carbonyl (C=O) groups is 1. The number of imidazole rings is 1. The maximum Gasteiger partial charge on any atom is 0.334 e. The summed E-state index contributed by atoms with van der Waals surface area (Å²) in [5.41, 5.74) is 2.21. The lowest BCUT2D eigenvalue weighted by Crippen LogP contribution is -2.39. The number of hydrogen-bond donors (Lipinski definition) is 1. The molecule has 0 radical (unpaired) electrons. The number of aryl methyl sites for hydroxylation is 1. The number of fused-ring (bicyclic) bond motifs is 1. The zero-order valence-corrected chi connectivity index (χ0v) is 23.5. The average molecular weight is 592 g/mol. The van der Waals surface area contributed by atoms with E-state index in [1.807, 2.05) is 55.7 Å². The second-order valence-electron chi connectivity index (χ2n) is 10.6. The molecule has 0 atom stereocenters. The Morgan fingerprint density at radius 2 is 1.83 bits per heavy atom. The molecule has 0 aliphatic heterocycles. The minimum absolute atomic E-state index is 0.122. The molecule has 6 rings (SSSR count). The SMILES string of the molecule is Cn1cc(-c2cccc(-n3c(=O)n(C[C@H]4CC[C@H](NC(=O)c5cc(Cl)cnc5C(F)F)CC4)c4ccccc43)n2)cn1. The van der Waals surface area contributed by atoms with Crippen LogP contribution >= 0.6 is 11.6 Å². The molecule has 1 aliphatic rings. The predicted molar refractivity (Wildman–Crippen MR) is 155 cm³/mol. The number of aromatic nitrogens is 6. The fourth-order valence-corrected chi connectivity index (χ4v) is 5.84. The summed E-state index contributed by atoms with van der Waals surface area (Å²) in [7, 11) is 1.84. The molecule has 12 heteroatoms. The van der Waals surface area contributed by atoms with Gasteiger partial charge in [0.2, 0.25) is 0 Å². The van der Waals surface area contributed by atoms with Crippen LogP contribution < -0.4 is 11.0 Å². The number of benzene rings is 1. The van der Waals surface area contributed by atoms with Gasteiger partial charge in [0.25, 0.3) is 12.3 Å². The van der Waals surface area contributed by atoms with Crippen molar-refractivity contribution in [2.24, 2.45) is 13.0 Å². The summed E-state index contributed by atoms with van der Waals surface area (Å²) in [6.07, 6.45) is 4.70. The van der Waals surface area contributed by atoms with E-state index in [9.17, 15) is 18.4 Å². The van der Waals surface area contributed by atoms with Crippen molar-refractivity contribution >= 4 is 28.5 Å². The van der Waals surface area contributed by atoms with Crippen molar-refractivity contribution in [1.29, 1.82) is 0 Å². The van der Waals surface area contributed by atoms with Crippen molar-refractivity contribution in [1.82, 2.24) is 34.2 Å². The number of nitrogens with one attached hydrogen (secondary N) is 1. The van der Waals surface area contributed by atoms with Crippen molar-refractivity contribution in [2.45, 2.75) is 44.7 Å². The Balaban J connectivity index is 1.19. The summed E-state index contributed by atoms with van der Waals surface area (Å²) in [6.45, 7) is 0.517. The van der Waals surface area contributed by atoms with E-state index >= 15 is 0 Å². The average Bonchev–Trinajstić information content (AvgIpc) is 3.54. The van der Waals surface area contributed by atoms with E-state index in [0.717, 1.165) is 41.3 Å². The van der Waals surface area contributed by atoms with Crippen molar-refractivity contribution in [2.75, 3.05) is 0 Å². The van der Waals surface area contributed by atoms with E-state index in [4.69, 9.17) is 16.6 Å². The number of halogens is 3. The summed E-state index contributed by atoms with van der Waals surface area (Å²) in [4.78, 5) is 35.1. The molecular weight excluding hydrogens is 564 g/mol. The second kappa shape index (κ2) is 11.5. The van der Waals surface area contributed by atoms with Gasteiger partial charge in [-0.15, -0.1) is 0 Å². The standard InChI is InChI=1S/C30H28ClF2N7O2/c1-38-17-19(14-35-38)23-5-4-8-26(37-23)40-25-7-3-2-6-24(25)39(30(40)42)16-18-9-11-21(12-10-18)36-29(41)22-13-20(31)15-34-27(22)28(32)33/h2-8,13-15,17-18,21,28H,9-12,16H2,1H3,(H,36,41)/t18-,21-. The Hall–Kier alpha value is -4.38. The molecule has 1 aromatic carbocycles. The van der Waals surface area contributed by atoms with Gasteiger partial charge in [-0.25, -0.2) is 23.1 Å². The number of para-hydroxylation sites is 2. The van der Waals surface area contributed by atoms with Gasteiger partial charge in [-0.1, -0.05) is 29.8 Å². The van der Waals surface area contributed by atoms with Crippen LogP contribution in [-0.2, 0) is 13.6 Å². The van der Waals surface area contributed by atoms with E-state index in [1.54, 1.807) is 20.0 Å². The number of amides is 1. The lowest BCUT2D eigenvalue weighted by Gasteiger charge is -2.29. The smallest absolute Gasteiger partial charge is 0.334 e. The normalized spacial score (nSPS) is 17.2. The van der Waals surface area contributed by atoms with Gasteiger partial charge in [0, 0.05) is 37.6 Å². The van der Waals surface area contributed by atoms with Crippen LogP contribution in [0.25, 0.3) is 28.1 Å². The van der Waals surface area contributed by atoms with Gasteiger partial charge in [-0.2, -0.15) is 5.10 Å². The van der Waals surface area contributed by atoms with Gasteiger partial charge in [0.05, 0.1) is 33.5 Å². The molecular formula is C30H28ClF2N7O2. The molecule has 1 amide bonds. The lowest BCUT2D eigenvalue weighted by atomic mass is 9.85. The number of carbonyl (C=O) groups excluding carboxylic acids is 1. The Labute approximate surface area is 244 Å². The predicted octanol–water partition coefficient (Wildman–Crippen LogP) is 5.56. The van der Waals surface area contributed by atoms with Crippen LogP contribution in [0.4, 0.5) is 8.78 Å². The monoisotopic (exact) mass is 591 g/mol. The van der Waals surface area contributed by atoms with Crippen LogP contribution in [-0.4, -0.2) is 40.8 Å². The van der Waals surface area contributed by atoms with Gasteiger partial charge in [0.1, 0.15) is 11.5 Å². The highest BCUT2D eigenvalue weighted by Crippen LogP contribution is 2.29. The first-order valence-corrected chi connectivity index (χ1v) is 14.1. The molecule has 42 heavy (non-hydrogen) atoms. The van der Waals surface area contributed by atoms with E-state index < -0.39 is 18.0 Å². The van der Waals surface area contributed by atoms with Crippen molar-refractivity contribution < 1.29 is 13.6 Å². The topological polar surface area (TPSA) is 99.6 Å². The van der Waals surface area contributed by atoms with Gasteiger partial charge < -0.3 is 5.32 Å². The molecule has 0 unspecified atom stereocenters. The zero-order valence-electron chi connectivity index (χ0n) is 22.8. The number of pyridine rings is 2. The summed E-state index contributed by atoms with van der Waals surface area (Å²) >= 11 is 5.91. The van der Waals surface area contributed by atoms with Crippen molar-refractivity contribution in [3.8, 4) is 17.1 Å². The van der Waals surface area contributed by atoms with Crippen molar-refractivity contribution in [3.63, 3.8) is 0 Å². The lowest BCUT2D eigenvalue weighted by molar-refractivity contribution is 0.0904. The summed E-state index contributed by atoms with van der Waals surface area (Å²) in [6, 6.07) is 14.3. The second-order valence-corrected chi connectivity index (χ2v) is 11.0. The Morgan fingerprint density at radius 1 is 1.07 bits per heavy atom. The fourth-order valence-electron chi connectivity index (χ4n) is 5.68. The third-order valence-electron chi connectivity index (χ3n) is 7.76. The summed E-state index contributed by atoms with van der Waals surface area (Å²) < 4.78 is 31.9. The molecule has 1 aliphatic carbocycles. The van der Waals surface area contributed by atoms with E-state index in [1.165, 1.54) is 6.07 Å². The minimum Gasteiger partial charge on any atom is -0.349 e. The number of alkyl halides is 2. The van der Waals surface area contributed by atoms with E-state index in [-0.39, 0.29) is 28.2 Å². The zero-order chi connectivity index (χ0) is 29.4. The van der Waals surface area contributed by atoms with E-state index in [2.05, 4.69) is 15.4 Å². The van der Waals surface area contributed by atoms with Gasteiger partial charge in [0.15, 0.2) is 0 Å². The fraction of sp³-hybridized carbons (Fsp3) is 0.300. The highest BCUT2D eigenvalue weighted by atomic mass is 35.5.